The summed E-state index contributed by atoms with van der Waals surface area (Å²) in [6.07, 6.45) is 19.8. The van der Waals surface area contributed by atoms with E-state index in [4.69, 9.17) is 17.3 Å². The molecule has 4 aliphatic rings. The van der Waals surface area contributed by atoms with E-state index in [0.29, 0.717) is 25.9 Å². The molecule has 2 N–H and O–H groups in total. The Bertz CT molecular complexity index is 1020. The molecule has 4 rings (SSSR count). The van der Waals surface area contributed by atoms with Crippen molar-refractivity contribution in [2.45, 2.75) is 63.5 Å². The Morgan fingerprint density at radius 3 is 2.45 bits per heavy atom. The summed E-state index contributed by atoms with van der Waals surface area (Å²) in [5.74, 6) is 0.0547. The minimum atomic E-state index is -0.750. The highest BCUT2D eigenvalue weighted by molar-refractivity contribution is 6.29. The van der Waals surface area contributed by atoms with E-state index in [2.05, 4.69) is 18.2 Å². The zero-order valence-corrected chi connectivity index (χ0v) is 20.4. The Hall–Kier alpha value is -2.37. The molecule has 5 nitrogen and oxygen atoms in total. The largest absolute Gasteiger partial charge is 0.340 e. The maximum absolute atomic E-state index is 13.3. The minimum Gasteiger partial charge on any atom is -0.340 e. The molecule has 0 spiro atoms. The quantitative estimate of drug-likeness (QED) is 0.624. The highest BCUT2D eigenvalue weighted by atomic mass is 35.5. The van der Waals surface area contributed by atoms with E-state index >= 15 is 0 Å². The second-order valence-electron chi connectivity index (χ2n) is 9.81. The molecular formula is C27H34ClN3O2. The van der Waals surface area contributed by atoms with Crippen LogP contribution < -0.4 is 5.73 Å². The molecule has 1 fully saturated rings. The molecule has 2 atom stereocenters. The van der Waals surface area contributed by atoms with Crippen LogP contribution in [0.4, 0.5) is 0 Å². The number of carbonyl (C=O) groups excluding carboxylic acids is 2. The van der Waals surface area contributed by atoms with Gasteiger partial charge in [-0.2, -0.15) is 0 Å². The van der Waals surface area contributed by atoms with Gasteiger partial charge in [-0.1, -0.05) is 59.2 Å². The molecule has 0 bridgehead atoms. The third-order valence-electron chi connectivity index (χ3n) is 7.29. The maximum Gasteiger partial charge on any atom is 0.248 e. The molecule has 33 heavy (non-hydrogen) atoms. The van der Waals surface area contributed by atoms with Gasteiger partial charge in [0, 0.05) is 37.6 Å². The maximum atomic E-state index is 13.3. The van der Waals surface area contributed by atoms with Crippen molar-refractivity contribution in [2.24, 2.45) is 5.73 Å². The molecular weight excluding hydrogens is 434 g/mol. The molecule has 3 aliphatic carbocycles. The Morgan fingerprint density at radius 1 is 1.09 bits per heavy atom. The molecule has 2 amide bonds. The number of allylic oxidation sites excluding steroid dienone is 8. The first-order chi connectivity index (χ1) is 15.8. The van der Waals surface area contributed by atoms with Crippen LogP contribution in [0.5, 0.6) is 0 Å². The molecule has 1 saturated heterocycles. The van der Waals surface area contributed by atoms with Crippen LogP contribution >= 0.6 is 11.6 Å². The fourth-order valence-corrected chi connectivity index (χ4v) is 5.24. The van der Waals surface area contributed by atoms with Crippen molar-refractivity contribution < 1.29 is 9.59 Å². The van der Waals surface area contributed by atoms with Crippen molar-refractivity contribution >= 4 is 23.4 Å². The number of likely N-dealkylation sites (tertiary alicyclic amines) is 1. The van der Waals surface area contributed by atoms with Crippen molar-refractivity contribution in [2.75, 3.05) is 20.1 Å². The molecule has 0 aromatic carbocycles. The number of amides is 2. The molecule has 176 valence electrons. The van der Waals surface area contributed by atoms with Gasteiger partial charge in [0.25, 0.3) is 0 Å². The van der Waals surface area contributed by atoms with E-state index in [9.17, 15) is 9.59 Å². The lowest BCUT2D eigenvalue weighted by Gasteiger charge is -2.50. The van der Waals surface area contributed by atoms with Crippen molar-refractivity contribution in [1.82, 2.24) is 9.80 Å². The van der Waals surface area contributed by atoms with Gasteiger partial charge in [0.15, 0.2) is 0 Å². The van der Waals surface area contributed by atoms with Gasteiger partial charge < -0.3 is 15.5 Å². The summed E-state index contributed by atoms with van der Waals surface area (Å²) in [4.78, 5) is 29.9. The Morgan fingerprint density at radius 2 is 1.85 bits per heavy atom. The van der Waals surface area contributed by atoms with E-state index < -0.39 is 5.54 Å². The van der Waals surface area contributed by atoms with Gasteiger partial charge in [0.1, 0.15) is 5.54 Å². The SMILES string of the molecule is CN(CC1=CC=C(Cl)CC1)C(=O)C1(C)CCN1C(=O)CC1=CC=C(C2=CC=CC(N)C2)CC1. The van der Waals surface area contributed by atoms with Crippen LogP contribution in [0.15, 0.2) is 69.9 Å². The molecule has 0 aromatic rings. The predicted molar refractivity (Wildman–Crippen MR) is 133 cm³/mol. The minimum absolute atomic E-state index is 0.0112. The van der Waals surface area contributed by atoms with Gasteiger partial charge in [0.05, 0.1) is 0 Å². The summed E-state index contributed by atoms with van der Waals surface area (Å²) in [7, 11) is 1.83. The van der Waals surface area contributed by atoms with Crippen LogP contribution in [0.2, 0.25) is 0 Å². The summed E-state index contributed by atoms with van der Waals surface area (Å²) >= 11 is 6.05. The molecule has 2 unspecified atom stereocenters. The standard InChI is InChI=1S/C27H34ClN3O2/c1-27(26(33)30(2)18-20-8-12-23(28)13-9-20)14-15-31(27)25(32)16-19-6-10-21(11-7-19)22-4-3-5-24(29)17-22/h3-6,8,10,12,24H,7,9,11,13-18,29H2,1-2H3. The van der Waals surface area contributed by atoms with Gasteiger partial charge in [-0.25, -0.2) is 0 Å². The topological polar surface area (TPSA) is 66.6 Å². The fourth-order valence-electron chi connectivity index (χ4n) is 5.08. The van der Waals surface area contributed by atoms with Crippen LogP contribution in [-0.4, -0.2) is 53.3 Å². The van der Waals surface area contributed by atoms with Crippen LogP contribution in [0.3, 0.4) is 0 Å². The highest BCUT2D eigenvalue weighted by Crippen LogP contribution is 2.35. The molecule has 1 heterocycles. The van der Waals surface area contributed by atoms with Crippen LogP contribution in [0, 0.1) is 0 Å². The summed E-state index contributed by atoms with van der Waals surface area (Å²) in [5, 5.41) is 0.852. The second kappa shape index (κ2) is 9.86. The fraction of sp³-hybridized carbons (Fsp3) is 0.481. The van der Waals surface area contributed by atoms with E-state index in [-0.39, 0.29) is 17.9 Å². The van der Waals surface area contributed by atoms with Gasteiger partial charge >= 0.3 is 0 Å². The lowest BCUT2D eigenvalue weighted by molar-refractivity contribution is -0.162. The van der Waals surface area contributed by atoms with Crippen LogP contribution in [0.25, 0.3) is 0 Å². The average molecular weight is 468 g/mol. The number of nitrogens with zero attached hydrogens (tertiary/aromatic N) is 2. The summed E-state index contributed by atoms with van der Waals surface area (Å²) < 4.78 is 0. The first kappa shape index (κ1) is 23.8. The van der Waals surface area contributed by atoms with E-state index in [1.807, 2.05) is 38.3 Å². The average Bonchev–Trinajstić information content (AvgIpc) is 2.79. The van der Waals surface area contributed by atoms with E-state index in [0.717, 1.165) is 42.7 Å². The third kappa shape index (κ3) is 5.25. The lowest BCUT2D eigenvalue weighted by atomic mass is 9.83. The van der Waals surface area contributed by atoms with E-state index in [1.165, 1.54) is 16.7 Å². The Balaban J connectivity index is 1.35. The highest BCUT2D eigenvalue weighted by Gasteiger charge is 2.50. The first-order valence-corrected chi connectivity index (χ1v) is 12.3. The monoisotopic (exact) mass is 467 g/mol. The Labute approximate surface area is 202 Å². The van der Waals surface area contributed by atoms with Crippen molar-refractivity contribution in [1.29, 1.82) is 0 Å². The van der Waals surface area contributed by atoms with Crippen molar-refractivity contribution in [3.05, 3.63) is 69.9 Å². The molecule has 0 radical (unpaired) electrons. The summed E-state index contributed by atoms with van der Waals surface area (Å²) in [5.41, 5.74) is 10.2. The summed E-state index contributed by atoms with van der Waals surface area (Å²) in [6, 6.07) is 0.0845. The number of hydrogen-bond donors (Lipinski definition) is 1. The van der Waals surface area contributed by atoms with Crippen molar-refractivity contribution in [3.8, 4) is 0 Å². The number of nitrogens with two attached hydrogens (primary N) is 1. The van der Waals surface area contributed by atoms with Gasteiger partial charge in [-0.15, -0.1) is 0 Å². The Kier molecular flexibility index (Phi) is 7.10. The smallest absolute Gasteiger partial charge is 0.248 e. The lowest BCUT2D eigenvalue weighted by Crippen LogP contribution is -2.67. The molecule has 1 aliphatic heterocycles. The van der Waals surface area contributed by atoms with Gasteiger partial charge in [-0.05, 0) is 62.7 Å². The number of halogens is 1. The second-order valence-corrected chi connectivity index (χ2v) is 10.3. The van der Waals surface area contributed by atoms with Crippen molar-refractivity contribution in [3.63, 3.8) is 0 Å². The first-order valence-electron chi connectivity index (χ1n) is 11.9. The zero-order valence-electron chi connectivity index (χ0n) is 19.6. The predicted octanol–water partition coefficient (Wildman–Crippen LogP) is 4.53. The molecule has 6 heteroatoms. The molecule has 0 saturated carbocycles. The number of hydrogen-bond acceptors (Lipinski definition) is 3. The number of likely N-dealkylation sites (N-methyl/N-ethyl adjacent to an activating group) is 1. The number of carbonyl (C=O) groups is 2. The van der Waals surface area contributed by atoms with E-state index in [1.54, 1.807) is 9.80 Å². The molecule has 0 aromatic heterocycles. The summed E-state index contributed by atoms with van der Waals surface area (Å²) in [6.45, 7) is 3.12. The normalized spacial score (nSPS) is 27.0. The van der Waals surface area contributed by atoms with Gasteiger partial charge in [-0.3, -0.25) is 9.59 Å². The van der Waals surface area contributed by atoms with Crippen LogP contribution in [-0.2, 0) is 9.59 Å². The van der Waals surface area contributed by atoms with Crippen LogP contribution in [0.1, 0.15) is 51.9 Å². The van der Waals surface area contributed by atoms with Gasteiger partial charge in [0.2, 0.25) is 11.8 Å². The third-order valence-corrected chi connectivity index (χ3v) is 7.60. The number of rotatable bonds is 6. The zero-order chi connectivity index (χ0) is 23.6.